The fraction of sp³-hybridized carbons (Fsp3) is 0.100. The SMILES string of the molecule is Cc1ccc(-c2csc3ncnc(Nc4cc(Cl)c(Cl)cc4Cl)c23)c(C)c1. The quantitative estimate of drug-likeness (QED) is 0.336. The number of aromatic nitrogens is 2. The predicted molar refractivity (Wildman–Crippen MR) is 117 cm³/mol. The average Bonchev–Trinajstić information content (AvgIpc) is 3.04. The lowest BCUT2D eigenvalue weighted by Gasteiger charge is -2.12. The molecule has 7 heteroatoms. The van der Waals surface area contributed by atoms with Crippen LogP contribution in [-0.4, -0.2) is 9.97 Å². The Morgan fingerprint density at radius 3 is 2.44 bits per heavy atom. The van der Waals surface area contributed by atoms with Gasteiger partial charge in [-0.3, -0.25) is 0 Å². The topological polar surface area (TPSA) is 37.8 Å². The zero-order valence-electron chi connectivity index (χ0n) is 14.5. The van der Waals surface area contributed by atoms with Gasteiger partial charge in [-0.2, -0.15) is 0 Å². The number of hydrogen-bond acceptors (Lipinski definition) is 4. The van der Waals surface area contributed by atoms with Gasteiger partial charge in [-0.1, -0.05) is 58.6 Å². The number of hydrogen-bond donors (Lipinski definition) is 1. The summed E-state index contributed by atoms with van der Waals surface area (Å²) in [5.41, 5.74) is 5.32. The molecular weight excluding hydrogens is 421 g/mol. The third-order valence-corrected chi connectivity index (χ3v) is 6.23. The van der Waals surface area contributed by atoms with Gasteiger partial charge in [0.1, 0.15) is 17.0 Å². The molecule has 4 aromatic rings. The number of aryl methyl sites for hydroxylation is 2. The summed E-state index contributed by atoms with van der Waals surface area (Å²) in [4.78, 5) is 9.77. The van der Waals surface area contributed by atoms with Crippen molar-refractivity contribution in [3.05, 3.63) is 68.2 Å². The van der Waals surface area contributed by atoms with Crippen molar-refractivity contribution in [2.75, 3.05) is 5.32 Å². The molecule has 0 atom stereocenters. The maximum atomic E-state index is 6.33. The number of thiophene rings is 1. The summed E-state index contributed by atoms with van der Waals surface area (Å²) in [6, 6.07) is 9.73. The summed E-state index contributed by atoms with van der Waals surface area (Å²) >= 11 is 20.1. The highest BCUT2D eigenvalue weighted by Crippen LogP contribution is 2.40. The Kier molecular flexibility index (Phi) is 4.99. The number of nitrogens with one attached hydrogen (secondary N) is 1. The van der Waals surface area contributed by atoms with Gasteiger partial charge in [0.25, 0.3) is 0 Å². The molecular formula is C20H14Cl3N3S. The monoisotopic (exact) mass is 433 g/mol. The second-order valence-electron chi connectivity index (χ2n) is 6.24. The van der Waals surface area contributed by atoms with E-state index in [0.29, 0.717) is 26.6 Å². The van der Waals surface area contributed by atoms with Crippen LogP contribution in [0.15, 0.2) is 42.0 Å². The van der Waals surface area contributed by atoms with Crippen LogP contribution in [0.1, 0.15) is 11.1 Å². The minimum atomic E-state index is 0.409. The number of benzene rings is 2. The second-order valence-corrected chi connectivity index (χ2v) is 8.32. The van der Waals surface area contributed by atoms with E-state index in [2.05, 4.69) is 52.7 Å². The fourth-order valence-electron chi connectivity index (χ4n) is 3.03. The van der Waals surface area contributed by atoms with Gasteiger partial charge in [0.2, 0.25) is 0 Å². The van der Waals surface area contributed by atoms with Crippen LogP contribution in [0.2, 0.25) is 15.1 Å². The van der Waals surface area contributed by atoms with Gasteiger partial charge >= 0.3 is 0 Å². The molecule has 0 fully saturated rings. The van der Waals surface area contributed by atoms with E-state index in [4.69, 9.17) is 34.8 Å². The summed E-state index contributed by atoms with van der Waals surface area (Å²) in [5, 5.41) is 7.66. The zero-order valence-corrected chi connectivity index (χ0v) is 17.6. The Morgan fingerprint density at radius 1 is 0.889 bits per heavy atom. The number of fused-ring (bicyclic) bond motifs is 1. The third kappa shape index (κ3) is 3.50. The molecule has 27 heavy (non-hydrogen) atoms. The highest BCUT2D eigenvalue weighted by atomic mass is 35.5. The largest absolute Gasteiger partial charge is 0.338 e. The van der Waals surface area contributed by atoms with Crippen molar-refractivity contribution in [1.29, 1.82) is 0 Å². The molecule has 0 unspecified atom stereocenters. The first-order valence-electron chi connectivity index (χ1n) is 8.15. The van der Waals surface area contributed by atoms with Crippen LogP contribution in [0.3, 0.4) is 0 Å². The molecule has 0 aliphatic carbocycles. The summed E-state index contributed by atoms with van der Waals surface area (Å²) in [7, 11) is 0. The third-order valence-electron chi connectivity index (χ3n) is 4.31. The summed E-state index contributed by atoms with van der Waals surface area (Å²) < 4.78 is 0. The highest BCUT2D eigenvalue weighted by Gasteiger charge is 2.16. The van der Waals surface area contributed by atoms with Crippen molar-refractivity contribution < 1.29 is 0 Å². The molecule has 0 spiro atoms. The van der Waals surface area contributed by atoms with E-state index in [9.17, 15) is 0 Å². The van der Waals surface area contributed by atoms with Crippen molar-refractivity contribution in [3.63, 3.8) is 0 Å². The molecule has 4 rings (SSSR count). The molecule has 0 bridgehead atoms. The Bertz CT molecular complexity index is 1170. The molecule has 1 N–H and O–H groups in total. The lowest BCUT2D eigenvalue weighted by atomic mass is 9.99. The van der Waals surface area contributed by atoms with Crippen molar-refractivity contribution in [3.8, 4) is 11.1 Å². The van der Waals surface area contributed by atoms with Crippen molar-refractivity contribution in [2.45, 2.75) is 13.8 Å². The zero-order chi connectivity index (χ0) is 19.1. The van der Waals surface area contributed by atoms with Gasteiger partial charge in [-0.25, -0.2) is 9.97 Å². The van der Waals surface area contributed by atoms with E-state index in [1.807, 2.05) is 0 Å². The number of nitrogens with zero attached hydrogens (tertiary/aromatic N) is 2. The standard InChI is InChI=1S/C20H14Cl3N3S/c1-10-3-4-12(11(2)5-10)13-8-27-20-18(13)19(24-9-25-20)26-17-7-15(22)14(21)6-16(17)23/h3-9H,1-2H3,(H,24,25,26). The summed E-state index contributed by atoms with van der Waals surface area (Å²) in [6.45, 7) is 4.20. The Labute approximate surface area is 175 Å². The lowest BCUT2D eigenvalue weighted by molar-refractivity contribution is 1.23. The molecule has 2 aromatic heterocycles. The van der Waals surface area contributed by atoms with E-state index >= 15 is 0 Å². The molecule has 2 aromatic carbocycles. The number of rotatable bonds is 3. The van der Waals surface area contributed by atoms with Crippen LogP contribution in [0.5, 0.6) is 0 Å². The predicted octanol–water partition coefficient (Wildman–Crippen LogP) is 7.68. The molecule has 0 aliphatic heterocycles. The van der Waals surface area contributed by atoms with Gasteiger partial charge in [-0.15, -0.1) is 11.3 Å². The smallest absolute Gasteiger partial charge is 0.143 e. The lowest BCUT2D eigenvalue weighted by Crippen LogP contribution is -1.97. The van der Waals surface area contributed by atoms with E-state index in [0.717, 1.165) is 21.3 Å². The van der Waals surface area contributed by atoms with Gasteiger partial charge in [-0.05, 0) is 37.1 Å². The Hall–Kier alpha value is -1.85. The van der Waals surface area contributed by atoms with Crippen LogP contribution in [0.25, 0.3) is 21.3 Å². The first kappa shape index (κ1) is 18.5. The highest BCUT2D eigenvalue weighted by molar-refractivity contribution is 7.17. The molecule has 3 nitrogen and oxygen atoms in total. The van der Waals surface area contributed by atoms with Gasteiger partial charge in [0.15, 0.2) is 0 Å². The van der Waals surface area contributed by atoms with Crippen LogP contribution in [-0.2, 0) is 0 Å². The van der Waals surface area contributed by atoms with Crippen molar-refractivity contribution in [2.24, 2.45) is 0 Å². The van der Waals surface area contributed by atoms with E-state index in [1.165, 1.54) is 11.1 Å². The minimum absolute atomic E-state index is 0.409. The van der Waals surface area contributed by atoms with Crippen LogP contribution < -0.4 is 5.32 Å². The van der Waals surface area contributed by atoms with Crippen LogP contribution >= 0.6 is 46.1 Å². The molecule has 0 radical (unpaired) electrons. The second kappa shape index (κ2) is 7.28. The molecule has 0 amide bonds. The molecule has 0 aliphatic rings. The summed E-state index contributed by atoms with van der Waals surface area (Å²) in [6.07, 6.45) is 1.54. The molecule has 2 heterocycles. The van der Waals surface area contributed by atoms with E-state index in [-0.39, 0.29) is 0 Å². The summed E-state index contributed by atoms with van der Waals surface area (Å²) in [5.74, 6) is 0.677. The minimum Gasteiger partial charge on any atom is -0.338 e. The van der Waals surface area contributed by atoms with Gasteiger partial charge < -0.3 is 5.32 Å². The Balaban J connectivity index is 1.87. The molecule has 136 valence electrons. The van der Waals surface area contributed by atoms with Gasteiger partial charge in [0.05, 0.1) is 26.1 Å². The van der Waals surface area contributed by atoms with Crippen molar-refractivity contribution in [1.82, 2.24) is 9.97 Å². The molecule has 0 saturated heterocycles. The maximum Gasteiger partial charge on any atom is 0.143 e. The van der Waals surface area contributed by atoms with Crippen molar-refractivity contribution >= 4 is 67.9 Å². The van der Waals surface area contributed by atoms with Gasteiger partial charge in [0, 0.05) is 10.9 Å². The normalized spacial score (nSPS) is 11.1. The number of anilines is 2. The van der Waals surface area contributed by atoms with E-state index in [1.54, 1.807) is 29.8 Å². The first-order valence-corrected chi connectivity index (χ1v) is 10.2. The maximum absolute atomic E-state index is 6.33. The first-order chi connectivity index (χ1) is 12.9. The Morgan fingerprint density at radius 2 is 1.67 bits per heavy atom. The van der Waals surface area contributed by atoms with Crippen LogP contribution in [0.4, 0.5) is 11.5 Å². The number of halogens is 3. The molecule has 0 saturated carbocycles. The van der Waals surface area contributed by atoms with E-state index < -0.39 is 0 Å². The average molecular weight is 435 g/mol. The van der Waals surface area contributed by atoms with Crippen LogP contribution in [0, 0.1) is 13.8 Å². The fourth-order valence-corrected chi connectivity index (χ4v) is 4.53.